The van der Waals surface area contributed by atoms with Crippen molar-refractivity contribution >= 4 is 40.6 Å². The Hall–Kier alpha value is -3.02. The van der Waals surface area contributed by atoms with E-state index >= 15 is 0 Å². The Morgan fingerprint density at radius 2 is 1.89 bits per heavy atom. The van der Waals surface area contributed by atoms with Gasteiger partial charge in [-0.1, -0.05) is 43.3 Å². The van der Waals surface area contributed by atoms with Gasteiger partial charge in [-0.2, -0.15) is 27.8 Å². The van der Waals surface area contributed by atoms with Crippen molar-refractivity contribution in [2.24, 2.45) is 0 Å². The van der Waals surface area contributed by atoms with Crippen LogP contribution in [-0.4, -0.2) is 49.9 Å². The summed E-state index contributed by atoms with van der Waals surface area (Å²) in [5, 5.41) is 8.31. The van der Waals surface area contributed by atoms with Crippen LogP contribution in [0.1, 0.15) is 19.4 Å². The van der Waals surface area contributed by atoms with Gasteiger partial charge < -0.3 is 15.0 Å². The number of nitrogens with zero attached hydrogens (tertiary/aromatic N) is 5. The Labute approximate surface area is 215 Å². The number of ether oxygens (including phenoxy) is 1. The van der Waals surface area contributed by atoms with E-state index in [1.165, 1.54) is 12.1 Å². The van der Waals surface area contributed by atoms with Gasteiger partial charge in [-0.25, -0.2) is 4.98 Å². The summed E-state index contributed by atoms with van der Waals surface area (Å²) in [4.78, 5) is 11.5. The van der Waals surface area contributed by atoms with Crippen LogP contribution in [0.3, 0.4) is 0 Å². The predicted octanol–water partition coefficient (Wildman–Crippen LogP) is 6.77. The number of benzene rings is 2. The molecule has 0 aliphatic carbocycles. The summed E-state index contributed by atoms with van der Waals surface area (Å²) in [6.07, 6.45) is -2.83. The summed E-state index contributed by atoms with van der Waals surface area (Å²) in [5.74, 6) is 1.56. The van der Waals surface area contributed by atoms with E-state index in [0.29, 0.717) is 22.4 Å². The van der Waals surface area contributed by atoms with Gasteiger partial charge in [0.1, 0.15) is 11.5 Å². The Balaban J connectivity index is 1.50. The van der Waals surface area contributed by atoms with Gasteiger partial charge in [0, 0.05) is 24.1 Å². The van der Waals surface area contributed by atoms with E-state index in [1.54, 1.807) is 46.7 Å². The molecule has 36 heavy (non-hydrogen) atoms. The summed E-state index contributed by atoms with van der Waals surface area (Å²) in [7, 11) is 0. The lowest BCUT2D eigenvalue weighted by Crippen LogP contribution is -2.25. The summed E-state index contributed by atoms with van der Waals surface area (Å²) in [6.45, 7) is 7.16. The third kappa shape index (κ3) is 6.40. The molecule has 0 unspecified atom stereocenters. The minimum atomic E-state index is -4.46. The SMILES string of the molecule is CCN(CC)CCSc1nc(Nc2ccc(Oc3cccc(C(F)(F)F)c3)c(Cl)c2)n2nccc2n1. The molecule has 0 saturated carbocycles. The molecular weight excluding hydrogens is 513 g/mol. The Kier molecular flexibility index (Phi) is 8.22. The Morgan fingerprint density at radius 1 is 1.08 bits per heavy atom. The van der Waals surface area contributed by atoms with E-state index in [0.717, 1.165) is 37.5 Å². The molecule has 0 saturated heterocycles. The first-order chi connectivity index (χ1) is 17.3. The lowest BCUT2D eigenvalue weighted by molar-refractivity contribution is -0.137. The van der Waals surface area contributed by atoms with Gasteiger partial charge in [0.2, 0.25) is 5.95 Å². The fourth-order valence-electron chi connectivity index (χ4n) is 3.41. The zero-order valence-electron chi connectivity index (χ0n) is 19.6. The molecule has 2 heterocycles. The Morgan fingerprint density at radius 3 is 2.61 bits per heavy atom. The zero-order valence-corrected chi connectivity index (χ0v) is 21.2. The van der Waals surface area contributed by atoms with Crippen LogP contribution in [0.5, 0.6) is 11.5 Å². The van der Waals surface area contributed by atoms with Gasteiger partial charge in [-0.05, 0) is 49.5 Å². The molecule has 0 atom stereocenters. The minimum Gasteiger partial charge on any atom is -0.456 e. The van der Waals surface area contributed by atoms with E-state index in [4.69, 9.17) is 16.3 Å². The maximum absolute atomic E-state index is 13.0. The van der Waals surface area contributed by atoms with Crippen LogP contribution in [0.25, 0.3) is 5.65 Å². The predicted molar refractivity (Wildman–Crippen MR) is 136 cm³/mol. The average molecular weight is 537 g/mol. The lowest BCUT2D eigenvalue weighted by Gasteiger charge is -2.17. The zero-order chi connectivity index (χ0) is 25.7. The summed E-state index contributed by atoms with van der Waals surface area (Å²) < 4.78 is 46.1. The quantitative estimate of drug-likeness (QED) is 0.224. The topological polar surface area (TPSA) is 67.6 Å². The van der Waals surface area contributed by atoms with Crippen LogP contribution in [0.2, 0.25) is 5.02 Å². The fourth-order valence-corrected chi connectivity index (χ4v) is 4.47. The molecule has 0 amide bonds. The first-order valence-corrected chi connectivity index (χ1v) is 12.6. The number of hydrogen-bond donors (Lipinski definition) is 1. The second-order valence-electron chi connectivity index (χ2n) is 7.70. The molecule has 0 radical (unpaired) electrons. The highest BCUT2D eigenvalue weighted by Gasteiger charge is 2.30. The van der Waals surface area contributed by atoms with Crippen molar-refractivity contribution < 1.29 is 17.9 Å². The van der Waals surface area contributed by atoms with Gasteiger partial charge in [-0.15, -0.1) is 0 Å². The van der Waals surface area contributed by atoms with Crippen molar-refractivity contribution in [3.05, 3.63) is 65.3 Å². The van der Waals surface area contributed by atoms with Crippen LogP contribution in [0.4, 0.5) is 24.8 Å². The standard InChI is InChI=1S/C24H24ClF3N6OS/c1-3-33(4-2)12-13-36-23-31-21-10-11-29-34(21)22(32-23)30-17-8-9-20(19(25)15-17)35-18-7-5-6-16(14-18)24(26,27)28/h5-11,14-15H,3-4,12-13H2,1-2H3,(H,30,31,32). The van der Waals surface area contributed by atoms with E-state index < -0.39 is 11.7 Å². The lowest BCUT2D eigenvalue weighted by atomic mass is 10.2. The monoisotopic (exact) mass is 536 g/mol. The minimum absolute atomic E-state index is 0.0351. The van der Waals surface area contributed by atoms with Crippen LogP contribution < -0.4 is 10.1 Å². The molecule has 12 heteroatoms. The highest BCUT2D eigenvalue weighted by Crippen LogP contribution is 2.36. The van der Waals surface area contributed by atoms with Crippen molar-refractivity contribution in [1.29, 1.82) is 0 Å². The number of anilines is 2. The number of thioether (sulfide) groups is 1. The highest BCUT2D eigenvalue weighted by molar-refractivity contribution is 7.99. The van der Waals surface area contributed by atoms with E-state index in [-0.39, 0.29) is 16.5 Å². The van der Waals surface area contributed by atoms with E-state index in [9.17, 15) is 13.2 Å². The highest BCUT2D eigenvalue weighted by atomic mass is 35.5. The Bertz CT molecular complexity index is 1330. The third-order valence-electron chi connectivity index (χ3n) is 5.35. The molecule has 2 aromatic carbocycles. The van der Waals surface area contributed by atoms with Gasteiger partial charge in [0.15, 0.2) is 10.8 Å². The molecule has 1 N–H and O–H groups in total. The first-order valence-electron chi connectivity index (χ1n) is 11.3. The second kappa shape index (κ2) is 11.4. The second-order valence-corrected chi connectivity index (χ2v) is 9.17. The van der Waals surface area contributed by atoms with Gasteiger partial charge in [0.25, 0.3) is 0 Å². The summed E-state index contributed by atoms with van der Waals surface area (Å²) in [6, 6.07) is 11.3. The van der Waals surface area contributed by atoms with Crippen LogP contribution >= 0.6 is 23.4 Å². The number of hydrogen-bond acceptors (Lipinski definition) is 7. The van der Waals surface area contributed by atoms with Crippen LogP contribution in [-0.2, 0) is 6.18 Å². The first kappa shape index (κ1) is 26.1. The van der Waals surface area contributed by atoms with Crippen molar-refractivity contribution in [2.45, 2.75) is 25.2 Å². The number of aromatic nitrogens is 4. The molecule has 0 fully saturated rings. The maximum atomic E-state index is 13.0. The van der Waals surface area contributed by atoms with Gasteiger partial charge in [0.05, 0.1) is 16.8 Å². The van der Waals surface area contributed by atoms with Crippen LogP contribution in [0.15, 0.2) is 59.9 Å². The average Bonchev–Trinajstić information content (AvgIpc) is 3.32. The van der Waals surface area contributed by atoms with Crippen LogP contribution in [0, 0.1) is 0 Å². The third-order valence-corrected chi connectivity index (χ3v) is 6.47. The molecule has 0 aliphatic rings. The molecule has 7 nitrogen and oxygen atoms in total. The molecule has 4 rings (SSSR count). The normalized spacial score (nSPS) is 11.9. The molecule has 2 aromatic heterocycles. The summed E-state index contributed by atoms with van der Waals surface area (Å²) in [5.41, 5.74) is 0.451. The number of nitrogens with one attached hydrogen (secondary N) is 1. The fraction of sp³-hybridized carbons (Fsp3) is 0.292. The molecule has 0 aliphatic heterocycles. The molecule has 0 spiro atoms. The maximum Gasteiger partial charge on any atom is 0.416 e. The number of fused-ring (bicyclic) bond motifs is 1. The molecule has 0 bridgehead atoms. The van der Waals surface area contributed by atoms with E-state index in [1.807, 2.05) is 0 Å². The number of halogens is 4. The summed E-state index contributed by atoms with van der Waals surface area (Å²) >= 11 is 7.94. The van der Waals surface area contributed by atoms with Gasteiger partial charge >= 0.3 is 6.18 Å². The van der Waals surface area contributed by atoms with Crippen molar-refractivity contribution in [3.63, 3.8) is 0 Å². The van der Waals surface area contributed by atoms with Crippen molar-refractivity contribution in [2.75, 3.05) is 30.7 Å². The smallest absolute Gasteiger partial charge is 0.416 e. The molecule has 190 valence electrons. The van der Waals surface area contributed by atoms with Crippen molar-refractivity contribution in [1.82, 2.24) is 24.5 Å². The van der Waals surface area contributed by atoms with Crippen molar-refractivity contribution in [3.8, 4) is 11.5 Å². The van der Waals surface area contributed by atoms with Gasteiger partial charge in [-0.3, -0.25) is 0 Å². The molecule has 4 aromatic rings. The largest absolute Gasteiger partial charge is 0.456 e. The van der Waals surface area contributed by atoms with E-state index in [2.05, 4.69) is 39.1 Å². The number of alkyl halides is 3. The number of rotatable bonds is 10. The molecular formula is C24H24ClF3N6OS.